The van der Waals surface area contributed by atoms with Crippen LogP contribution in [0.15, 0.2) is 60.8 Å². The normalized spacial score (nSPS) is 15.1. The molecular weight excluding hydrogens is 420 g/mol. The van der Waals surface area contributed by atoms with Crippen molar-refractivity contribution in [2.45, 2.75) is 13.3 Å². The fraction of sp³-hybridized carbons (Fsp3) is 0.200. The van der Waals surface area contributed by atoms with Gasteiger partial charge in [-0.25, -0.2) is 4.98 Å². The third kappa shape index (κ3) is 4.77. The number of ether oxygens (including phenoxy) is 2. The average Bonchev–Trinajstić information content (AvgIpc) is 3.23. The lowest BCUT2D eigenvalue weighted by Gasteiger charge is -2.17. The maximum atomic E-state index is 12.9. The van der Waals surface area contributed by atoms with E-state index in [2.05, 4.69) is 10.3 Å². The highest BCUT2D eigenvalue weighted by Crippen LogP contribution is 2.30. The molecule has 33 heavy (non-hydrogen) atoms. The van der Waals surface area contributed by atoms with Crippen molar-refractivity contribution < 1.29 is 19.1 Å². The van der Waals surface area contributed by atoms with Crippen LogP contribution in [0, 0.1) is 24.2 Å². The summed E-state index contributed by atoms with van der Waals surface area (Å²) in [4.78, 5) is 31.1. The number of hydrogen-bond acceptors (Lipinski definition) is 6. The molecule has 4 rings (SSSR count). The van der Waals surface area contributed by atoms with Crippen LogP contribution in [0.1, 0.15) is 17.5 Å². The minimum Gasteiger partial charge on any atom is -0.497 e. The van der Waals surface area contributed by atoms with Crippen molar-refractivity contribution in [3.05, 3.63) is 71.9 Å². The summed E-state index contributed by atoms with van der Waals surface area (Å²) in [6.07, 6.45) is 1.70. The van der Waals surface area contributed by atoms with Crippen LogP contribution in [-0.2, 0) is 9.59 Å². The number of carbonyl (C=O) groups excluding carboxylic acids is 2. The highest BCUT2D eigenvalue weighted by atomic mass is 16.5. The predicted octanol–water partition coefficient (Wildman–Crippen LogP) is 4.05. The molecule has 1 aliphatic heterocycles. The Balaban J connectivity index is 1.42. The van der Waals surface area contributed by atoms with Crippen molar-refractivity contribution in [1.29, 1.82) is 5.26 Å². The Bertz CT molecular complexity index is 1230. The van der Waals surface area contributed by atoms with Gasteiger partial charge in [0.1, 0.15) is 23.1 Å². The van der Waals surface area contributed by atoms with Crippen LogP contribution in [0.2, 0.25) is 0 Å². The van der Waals surface area contributed by atoms with Crippen molar-refractivity contribution in [1.82, 2.24) is 4.98 Å². The molecule has 0 radical (unpaired) electrons. The zero-order valence-electron chi connectivity index (χ0n) is 18.2. The van der Waals surface area contributed by atoms with Gasteiger partial charge in [-0.15, -0.1) is 0 Å². The van der Waals surface area contributed by atoms with E-state index in [1.165, 1.54) is 0 Å². The Morgan fingerprint density at radius 3 is 2.64 bits per heavy atom. The third-order valence-corrected chi connectivity index (χ3v) is 5.44. The number of anilines is 2. The number of nitriles is 1. The zero-order valence-corrected chi connectivity index (χ0v) is 18.2. The number of aryl methyl sites for hydroxylation is 1. The fourth-order valence-corrected chi connectivity index (χ4v) is 3.64. The minimum absolute atomic E-state index is 0.0931. The lowest BCUT2D eigenvalue weighted by atomic mass is 10.1. The molecule has 0 spiro atoms. The molecule has 8 nitrogen and oxygen atoms in total. The Morgan fingerprint density at radius 2 is 1.94 bits per heavy atom. The van der Waals surface area contributed by atoms with Gasteiger partial charge in [0.2, 0.25) is 17.7 Å². The first kappa shape index (κ1) is 21.8. The molecule has 2 aromatic carbocycles. The summed E-state index contributed by atoms with van der Waals surface area (Å²) < 4.78 is 10.9. The van der Waals surface area contributed by atoms with Gasteiger partial charge in [-0.2, -0.15) is 5.26 Å². The van der Waals surface area contributed by atoms with Crippen molar-refractivity contribution >= 4 is 23.2 Å². The Labute approximate surface area is 191 Å². The number of nitrogens with zero attached hydrogens (tertiary/aromatic N) is 3. The molecule has 1 N–H and O–H groups in total. The number of rotatable bonds is 6. The van der Waals surface area contributed by atoms with Gasteiger partial charge < -0.3 is 19.7 Å². The van der Waals surface area contributed by atoms with Gasteiger partial charge in [0.15, 0.2) is 0 Å². The van der Waals surface area contributed by atoms with Gasteiger partial charge in [0.25, 0.3) is 0 Å². The summed E-state index contributed by atoms with van der Waals surface area (Å²) in [5.74, 6) is 0.662. The maximum Gasteiger partial charge on any atom is 0.237 e. The molecule has 1 unspecified atom stereocenters. The summed E-state index contributed by atoms with van der Waals surface area (Å²) >= 11 is 0. The Kier molecular flexibility index (Phi) is 6.22. The molecule has 1 saturated heterocycles. The predicted molar refractivity (Wildman–Crippen MR) is 122 cm³/mol. The quantitative estimate of drug-likeness (QED) is 0.617. The number of aromatic nitrogens is 1. The number of pyridine rings is 1. The van der Waals surface area contributed by atoms with E-state index >= 15 is 0 Å². The van der Waals surface area contributed by atoms with E-state index in [-0.39, 0.29) is 24.1 Å². The van der Waals surface area contributed by atoms with E-state index in [0.29, 0.717) is 29.3 Å². The maximum absolute atomic E-state index is 12.9. The van der Waals surface area contributed by atoms with Crippen molar-refractivity contribution in [2.24, 2.45) is 5.92 Å². The van der Waals surface area contributed by atoms with Crippen molar-refractivity contribution in [3.8, 4) is 23.4 Å². The molecule has 1 fully saturated rings. The lowest BCUT2D eigenvalue weighted by Crippen LogP contribution is -2.28. The molecule has 2 heterocycles. The molecule has 3 aromatic rings. The van der Waals surface area contributed by atoms with Crippen molar-refractivity contribution in [3.63, 3.8) is 0 Å². The first-order valence-corrected chi connectivity index (χ1v) is 10.4. The van der Waals surface area contributed by atoms with E-state index < -0.39 is 5.92 Å². The average molecular weight is 442 g/mol. The fourth-order valence-electron chi connectivity index (χ4n) is 3.64. The summed E-state index contributed by atoms with van der Waals surface area (Å²) in [5, 5.41) is 12.1. The minimum atomic E-state index is -0.457. The van der Waals surface area contributed by atoms with E-state index in [9.17, 15) is 14.9 Å². The summed E-state index contributed by atoms with van der Waals surface area (Å²) in [5.41, 5.74) is 2.48. The van der Waals surface area contributed by atoms with Crippen LogP contribution in [0.5, 0.6) is 17.4 Å². The number of benzene rings is 2. The highest BCUT2D eigenvalue weighted by Gasteiger charge is 2.35. The van der Waals surface area contributed by atoms with E-state index in [0.717, 1.165) is 11.3 Å². The number of methoxy groups -OCH3 is 1. The summed E-state index contributed by atoms with van der Waals surface area (Å²) in [6.45, 7) is 2.16. The SMILES string of the molecule is COc1ccc(N2CC(C(=O)Nc3ccc(Oc4ncccc4C#N)cc3C)CC2=O)cc1. The van der Waals surface area contributed by atoms with Gasteiger partial charge in [-0.05, 0) is 67.1 Å². The van der Waals surface area contributed by atoms with Crippen LogP contribution < -0.4 is 19.7 Å². The molecule has 1 atom stereocenters. The highest BCUT2D eigenvalue weighted by molar-refractivity contribution is 6.03. The lowest BCUT2D eigenvalue weighted by molar-refractivity contribution is -0.122. The molecular formula is C25H22N4O4. The molecule has 0 aliphatic carbocycles. The zero-order chi connectivity index (χ0) is 23.4. The second-order valence-corrected chi connectivity index (χ2v) is 7.64. The van der Waals surface area contributed by atoms with E-state index in [4.69, 9.17) is 9.47 Å². The smallest absolute Gasteiger partial charge is 0.237 e. The number of hydrogen-bond donors (Lipinski definition) is 1. The van der Waals surface area contributed by atoms with Crippen LogP contribution >= 0.6 is 0 Å². The second kappa shape index (κ2) is 9.40. The van der Waals surface area contributed by atoms with Gasteiger partial charge in [-0.1, -0.05) is 0 Å². The van der Waals surface area contributed by atoms with Gasteiger partial charge >= 0.3 is 0 Å². The molecule has 1 aromatic heterocycles. The van der Waals surface area contributed by atoms with Crippen LogP contribution in [-0.4, -0.2) is 30.5 Å². The Morgan fingerprint density at radius 1 is 1.18 bits per heavy atom. The molecule has 166 valence electrons. The monoisotopic (exact) mass is 442 g/mol. The summed E-state index contributed by atoms with van der Waals surface area (Å²) in [6, 6.07) is 17.7. The molecule has 2 amide bonds. The molecule has 1 aliphatic rings. The first-order valence-electron chi connectivity index (χ1n) is 10.4. The molecule has 8 heteroatoms. The van der Waals surface area contributed by atoms with Crippen LogP contribution in [0.25, 0.3) is 0 Å². The van der Waals surface area contributed by atoms with Gasteiger partial charge in [0, 0.05) is 30.5 Å². The molecule has 0 bridgehead atoms. The first-order chi connectivity index (χ1) is 16.0. The number of carbonyl (C=O) groups is 2. The molecule has 0 saturated carbocycles. The van der Waals surface area contributed by atoms with Gasteiger partial charge in [-0.3, -0.25) is 9.59 Å². The van der Waals surface area contributed by atoms with Crippen LogP contribution in [0.3, 0.4) is 0 Å². The topological polar surface area (TPSA) is 105 Å². The largest absolute Gasteiger partial charge is 0.497 e. The number of nitrogens with one attached hydrogen (secondary N) is 1. The number of amides is 2. The Hall–Kier alpha value is -4.38. The van der Waals surface area contributed by atoms with Crippen molar-refractivity contribution in [2.75, 3.05) is 23.9 Å². The van der Waals surface area contributed by atoms with Gasteiger partial charge in [0.05, 0.1) is 13.0 Å². The standard InChI is InChI=1S/C25H22N4O4/c1-16-12-21(33-25-17(14-26)4-3-11-27-25)9-10-22(16)28-24(31)18-13-23(30)29(15-18)19-5-7-20(32-2)8-6-19/h3-12,18H,13,15H2,1-2H3,(H,28,31). The van der Waals surface area contributed by atoms with Crippen LogP contribution in [0.4, 0.5) is 11.4 Å². The van der Waals surface area contributed by atoms with E-state index in [1.54, 1.807) is 72.8 Å². The summed E-state index contributed by atoms with van der Waals surface area (Å²) in [7, 11) is 1.58. The second-order valence-electron chi connectivity index (χ2n) is 7.64. The third-order valence-electron chi connectivity index (χ3n) is 5.44. The van der Waals surface area contributed by atoms with E-state index in [1.807, 2.05) is 13.0 Å².